The van der Waals surface area contributed by atoms with Crippen molar-refractivity contribution in [3.05, 3.63) is 22.2 Å². The number of nitrogens with zero attached hydrogens (tertiary/aromatic N) is 1. The third-order valence-corrected chi connectivity index (χ3v) is 12.6. The first-order valence-electron chi connectivity index (χ1n) is 25.9. The second kappa shape index (κ2) is 49.4. The van der Waals surface area contributed by atoms with Crippen molar-refractivity contribution in [3.63, 3.8) is 0 Å². The molecular weight excluding hydrogens is 1010 g/mol. The van der Waals surface area contributed by atoms with Crippen LogP contribution in [-0.4, -0.2) is 239 Å². The Hall–Kier alpha value is -1.94. The molecule has 0 aromatic rings. The molecule has 0 bridgehead atoms. The highest BCUT2D eigenvalue weighted by Gasteiger charge is 2.45. The number of aliphatic hydroxyl groups excluding tert-OH is 3. The second-order valence-corrected chi connectivity index (χ2v) is 20.0. The van der Waals surface area contributed by atoms with Gasteiger partial charge >= 0.3 is 0 Å². The average Bonchev–Trinajstić information content (AvgIpc) is 3.37. The van der Waals surface area contributed by atoms with Gasteiger partial charge in [0.15, 0.2) is 18.4 Å². The second-order valence-electron chi connectivity index (χ2n) is 16.8. The van der Waals surface area contributed by atoms with Crippen molar-refractivity contribution in [1.29, 1.82) is 0 Å². The Morgan fingerprint density at radius 2 is 0.973 bits per heavy atom. The van der Waals surface area contributed by atoms with E-state index in [1.54, 1.807) is 11.8 Å². The summed E-state index contributed by atoms with van der Waals surface area (Å²) in [5.41, 5.74) is 0. The zero-order valence-corrected chi connectivity index (χ0v) is 46.0. The maximum atomic E-state index is 12.3. The van der Waals surface area contributed by atoms with Crippen molar-refractivity contribution < 1.29 is 96.0 Å². The van der Waals surface area contributed by atoms with Crippen LogP contribution in [0.2, 0.25) is 0 Å². The van der Waals surface area contributed by atoms with Crippen molar-refractivity contribution in [3.8, 4) is 0 Å². The lowest BCUT2D eigenvalue weighted by Gasteiger charge is -2.40. The largest absolute Gasteiger partial charge is 0.388 e. The van der Waals surface area contributed by atoms with E-state index in [1.165, 1.54) is 18.7 Å². The van der Waals surface area contributed by atoms with Crippen LogP contribution in [0.25, 0.3) is 4.85 Å². The fraction of sp³-hybridized carbons (Fsp3) is 0.880. The number of ketones is 2. The summed E-state index contributed by atoms with van der Waals surface area (Å²) in [5, 5.41) is 32.2. The molecule has 1 heterocycles. The molecule has 0 aliphatic carbocycles. The number of nitrogens with one attached hydrogen (secondary N) is 1. The number of carbonyl (C=O) groups excluding carboxylic acids is 3. The number of thioether (sulfide) groups is 2. The van der Waals surface area contributed by atoms with Crippen LogP contribution in [0.4, 0.5) is 0 Å². The van der Waals surface area contributed by atoms with Crippen molar-refractivity contribution in [2.75, 3.05) is 171 Å². The minimum atomic E-state index is -1.63. The number of hydrogen-bond donors (Lipinski definition) is 4. The first-order chi connectivity index (χ1) is 35.9. The summed E-state index contributed by atoms with van der Waals surface area (Å²) in [6, 6.07) is -1.02. The van der Waals surface area contributed by atoms with E-state index in [2.05, 4.69) is 16.7 Å². The number of carbonyl (C=O) groups is 3. The number of rotatable bonds is 55. The highest BCUT2D eigenvalue weighted by Crippen LogP contribution is 2.41. The number of Topliss-reactive ketones (excluding diaryl/α,β-unsaturated/α-hetero) is 2. The van der Waals surface area contributed by atoms with Gasteiger partial charge in [-0.15, -0.1) is 11.8 Å². The molecule has 1 fully saturated rings. The van der Waals surface area contributed by atoms with Gasteiger partial charge in [0.05, 0.1) is 145 Å². The summed E-state index contributed by atoms with van der Waals surface area (Å²) in [7, 11) is 0. The van der Waals surface area contributed by atoms with E-state index in [0.29, 0.717) is 197 Å². The van der Waals surface area contributed by atoms with Gasteiger partial charge in [0.2, 0.25) is 5.91 Å². The van der Waals surface area contributed by atoms with Gasteiger partial charge in [-0.05, 0) is 36.8 Å². The van der Waals surface area contributed by atoms with Crippen LogP contribution >= 0.6 is 23.5 Å². The molecule has 74 heavy (non-hydrogen) atoms. The number of aliphatic hydroxyl groups is 3. The van der Waals surface area contributed by atoms with Gasteiger partial charge in [0.1, 0.15) is 30.6 Å². The molecule has 0 aromatic carbocycles. The van der Waals surface area contributed by atoms with Gasteiger partial charge in [-0.1, -0.05) is 26.3 Å². The van der Waals surface area contributed by atoms with Crippen LogP contribution in [0, 0.1) is 6.57 Å². The van der Waals surface area contributed by atoms with Gasteiger partial charge in [0, 0.05) is 57.0 Å². The SMILES string of the molecule is [C-]#[N+]C(C)(CCC(=O)CCCOCCOCCOCCOCCOCCOCCOCCOCCOCCOCCOCCOCC(=O)CCCCCCO[C@@H]1O[C@H](O)[C@H](O)[C@H](O)[C@H]1NC(C)=O)SC(=C)SCC. The molecule has 22 nitrogen and oxygen atoms in total. The minimum Gasteiger partial charge on any atom is -0.388 e. The van der Waals surface area contributed by atoms with E-state index in [-0.39, 0.29) is 24.8 Å². The van der Waals surface area contributed by atoms with Crippen LogP contribution in [0.1, 0.15) is 78.6 Å². The first kappa shape index (κ1) is 70.1. The predicted molar refractivity (Wildman–Crippen MR) is 278 cm³/mol. The quantitative estimate of drug-likeness (QED) is 0.0503. The molecule has 0 saturated carbocycles. The Kier molecular flexibility index (Phi) is 46.7. The Balaban J connectivity index is 1.72. The number of hydrogen-bond acceptors (Lipinski definition) is 22. The molecule has 1 aliphatic rings. The molecule has 1 rings (SSSR count). The normalized spacial score (nSPS) is 18.5. The summed E-state index contributed by atoms with van der Waals surface area (Å²) in [6.45, 7) is 27.2. The van der Waals surface area contributed by atoms with Crippen LogP contribution in [0.5, 0.6) is 0 Å². The molecule has 24 heteroatoms. The standard InChI is InChI=1S/C50H90N2O20S2/c1-6-73-42(3)74-50(4,51-5)15-14-43(54)13-11-16-59-18-19-60-20-21-61-22-23-62-24-25-63-26-27-64-28-29-65-30-31-66-32-33-67-34-35-68-36-37-69-38-39-70-40-44(55)12-9-7-8-10-17-71-49-45(52-41(2)53)46(56)47(57)48(58)72-49/h45-49,56-58H,3,6-40H2,1-2,4H3,(H,52,53)/t45-,46-,47-,48+,49-,50?/m1/s1. The van der Waals surface area contributed by atoms with Crippen molar-refractivity contribution in [2.24, 2.45) is 0 Å². The molecular formula is C50H90N2O20S2. The lowest BCUT2D eigenvalue weighted by molar-refractivity contribution is -0.315. The summed E-state index contributed by atoms with van der Waals surface area (Å²) >= 11 is 3.08. The summed E-state index contributed by atoms with van der Waals surface area (Å²) in [4.78, 5) is 38.9. The number of ether oxygens (including phenoxy) is 14. The molecule has 0 radical (unpaired) electrons. The zero-order chi connectivity index (χ0) is 54.2. The minimum absolute atomic E-state index is 0.0101. The summed E-state index contributed by atoms with van der Waals surface area (Å²) < 4.78 is 77.7. The zero-order valence-electron chi connectivity index (χ0n) is 44.4. The first-order valence-corrected chi connectivity index (χ1v) is 27.7. The Morgan fingerprint density at radius 3 is 1.39 bits per heavy atom. The molecule has 0 aromatic heterocycles. The van der Waals surface area contributed by atoms with Gasteiger partial charge < -0.3 is 87.0 Å². The van der Waals surface area contributed by atoms with E-state index in [0.717, 1.165) is 22.8 Å². The van der Waals surface area contributed by atoms with Crippen molar-refractivity contribution in [1.82, 2.24) is 5.32 Å². The molecule has 1 aliphatic heterocycles. The van der Waals surface area contributed by atoms with Gasteiger partial charge in [-0.2, -0.15) is 0 Å². The maximum Gasteiger partial charge on any atom is 0.280 e. The van der Waals surface area contributed by atoms with Gasteiger partial charge in [-0.25, -0.2) is 6.57 Å². The fourth-order valence-corrected chi connectivity index (χ4v) is 8.65. The molecule has 0 spiro atoms. The molecule has 4 N–H and O–H groups in total. The van der Waals surface area contributed by atoms with Crippen molar-refractivity contribution >= 4 is 41.0 Å². The Bertz CT molecular complexity index is 1440. The Morgan fingerprint density at radius 1 is 0.568 bits per heavy atom. The molecule has 6 atom stereocenters. The Labute approximate surface area is 448 Å². The predicted octanol–water partition coefficient (Wildman–Crippen LogP) is 3.35. The lowest BCUT2D eigenvalue weighted by atomic mass is 10.0. The highest BCUT2D eigenvalue weighted by molar-refractivity contribution is 8.22. The van der Waals surface area contributed by atoms with Crippen LogP contribution in [-0.2, 0) is 80.7 Å². The lowest BCUT2D eigenvalue weighted by Crippen LogP contribution is -2.63. The highest BCUT2D eigenvalue weighted by atomic mass is 32.2. The van der Waals surface area contributed by atoms with Crippen LogP contribution < -0.4 is 5.32 Å². The van der Waals surface area contributed by atoms with Gasteiger partial charge in [-0.3, -0.25) is 19.2 Å². The van der Waals surface area contributed by atoms with E-state index >= 15 is 0 Å². The smallest absolute Gasteiger partial charge is 0.280 e. The van der Waals surface area contributed by atoms with E-state index in [9.17, 15) is 29.7 Å². The van der Waals surface area contributed by atoms with Crippen LogP contribution in [0.15, 0.2) is 10.8 Å². The monoisotopic (exact) mass is 1100 g/mol. The molecule has 1 unspecified atom stereocenters. The third kappa shape index (κ3) is 41.2. The topological polar surface area (TPSA) is 258 Å². The van der Waals surface area contributed by atoms with Crippen molar-refractivity contribution in [2.45, 2.75) is 114 Å². The van der Waals surface area contributed by atoms with E-state index in [1.807, 2.05) is 13.8 Å². The summed E-state index contributed by atoms with van der Waals surface area (Å²) in [6.07, 6.45) is -0.431. The van der Waals surface area contributed by atoms with Gasteiger partial charge in [0.25, 0.3) is 4.87 Å². The summed E-state index contributed by atoms with van der Waals surface area (Å²) in [5.74, 6) is 0.638. The fourth-order valence-electron chi connectivity index (χ4n) is 6.46. The molecule has 1 amide bonds. The number of amides is 1. The average molecular weight is 1100 g/mol. The molecule has 432 valence electrons. The molecule has 1 saturated heterocycles. The van der Waals surface area contributed by atoms with Crippen LogP contribution in [0.3, 0.4) is 0 Å². The maximum absolute atomic E-state index is 12.3. The number of unbranched alkanes of at least 4 members (excludes halogenated alkanes) is 3. The van der Waals surface area contributed by atoms with E-state index < -0.39 is 41.6 Å². The van der Waals surface area contributed by atoms with E-state index in [4.69, 9.17) is 72.9 Å². The third-order valence-electron chi connectivity index (χ3n) is 10.4.